The van der Waals surface area contributed by atoms with Crippen LogP contribution in [0.1, 0.15) is 225 Å². The van der Waals surface area contributed by atoms with Gasteiger partial charge in [0.2, 0.25) is 0 Å². The summed E-state index contributed by atoms with van der Waals surface area (Å²) in [5, 5.41) is 0. The molecule has 0 spiro atoms. The van der Waals surface area contributed by atoms with E-state index in [9.17, 15) is 24.0 Å². The molecular formula is C66H110O10. The van der Waals surface area contributed by atoms with E-state index in [0.717, 1.165) is 55.8 Å². The van der Waals surface area contributed by atoms with Crippen LogP contribution < -0.4 is 0 Å². The normalized spacial score (nSPS) is 30.0. The van der Waals surface area contributed by atoms with Crippen molar-refractivity contribution < 1.29 is 47.7 Å². The van der Waals surface area contributed by atoms with Gasteiger partial charge in [0.1, 0.15) is 12.2 Å². The third kappa shape index (κ3) is 20.7. The molecule has 6 bridgehead atoms. The molecule has 0 aromatic rings. The summed E-state index contributed by atoms with van der Waals surface area (Å²) in [6.45, 7) is 46.1. The Balaban J connectivity index is 0.000000310. The van der Waals surface area contributed by atoms with E-state index in [1.807, 2.05) is 0 Å². The molecule has 0 aromatic carbocycles. The van der Waals surface area contributed by atoms with Crippen LogP contribution in [-0.4, -0.2) is 62.4 Å². The zero-order valence-electron chi connectivity index (χ0n) is 51.0. The number of methoxy groups -OCH3 is 1. The van der Waals surface area contributed by atoms with Crippen molar-refractivity contribution in [1.29, 1.82) is 0 Å². The lowest BCUT2D eigenvalue weighted by Gasteiger charge is -2.38. The summed E-state index contributed by atoms with van der Waals surface area (Å²) in [5.41, 5.74) is 3.17. The Labute approximate surface area is 463 Å². The average molecular weight is 1060 g/mol. The topological polar surface area (TPSA) is 132 Å². The molecule has 10 atom stereocenters. The first-order valence-corrected chi connectivity index (χ1v) is 29.6. The molecule has 10 nitrogen and oxygen atoms in total. The van der Waals surface area contributed by atoms with Crippen LogP contribution in [0.3, 0.4) is 0 Å². The zero-order chi connectivity index (χ0) is 57.7. The van der Waals surface area contributed by atoms with Gasteiger partial charge in [-0.05, 0) is 209 Å². The van der Waals surface area contributed by atoms with Crippen molar-refractivity contribution in [3.8, 4) is 0 Å². The Morgan fingerprint density at radius 1 is 0.539 bits per heavy atom. The van der Waals surface area contributed by atoms with E-state index in [-0.39, 0.29) is 47.5 Å². The summed E-state index contributed by atoms with van der Waals surface area (Å²) in [4.78, 5) is 54.0. The molecular weight excluding hydrogens is 953 g/mol. The van der Waals surface area contributed by atoms with Crippen LogP contribution in [0.15, 0.2) is 60.8 Å². The van der Waals surface area contributed by atoms with Crippen LogP contribution in [-0.2, 0) is 47.7 Å². The standard InChI is InChI=1S/C14H22O2.C14H24O2.C11H20.C10H16.2C6H10O2.C5H8O2/c1-9(2)12(15)16-11-8-10-6-7-14(11,5)13(10,3)4;1-10(2)13(15)16-12-8-6-11(7-9-12)14(3,4)5;1-2-3-4-10-7-9-5-6-11(10)8-9;1-2-9-7-4-5-8(6-7)10(9)3-1;2*1-4-8-6(7)5(2)3;1-4(2)5(6)7-3/h10-11H,1,6-8H2,2-5H3;11-12H,1,6-9H2,2-5H3;9-11H,2-8H2,1H3;7-10H,1-6H2;2*2,4H2,1,3H3;1H2,2-3H3. The minimum absolute atomic E-state index is 0.0884. The van der Waals surface area contributed by atoms with Crippen molar-refractivity contribution in [3.05, 3.63) is 60.8 Å². The smallest absolute Gasteiger partial charge is 0.333 e. The maximum atomic E-state index is 11.6. The Bertz CT molecular complexity index is 1900. The van der Waals surface area contributed by atoms with Crippen LogP contribution in [0.2, 0.25) is 0 Å². The van der Waals surface area contributed by atoms with Gasteiger partial charge in [-0.15, -0.1) is 0 Å². The van der Waals surface area contributed by atoms with Crippen LogP contribution in [0.5, 0.6) is 0 Å². The van der Waals surface area contributed by atoms with Crippen LogP contribution in [0.25, 0.3) is 0 Å². The van der Waals surface area contributed by atoms with Crippen LogP contribution >= 0.6 is 0 Å². The molecule has 0 radical (unpaired) electrons. The highest BCUT2D eigenvalue weighted by molar-refractivity contribution is 5.88. The number of unbranched alkanes of at least 4 members (excludes halogenated alkanes) is 1. The second-order valence-corrected chi connectivity index (χ2v) is 25.8. The second kappa shape index (κ2) is 32.2. The Hall–Kier alpha value is -3.95. The summed E-state index contributed by atoms with van der Waals surface area (Å²) >= 11 is 0. The molecule has 0 aliphatic heterocycles. The maximum absolute atomic E-state index is 11.6. The van der Waals surface area contributed by atoms with E-state index in [0.29, 0.717) is 57.8 Å². The molecule has 8 aliphatic rings. The first kappa shape index (κ1) is 68.2. The van der Waals surface area contributed by atoms with Gasteiger partial charge in [-0.1, -0.05) is 113 Å². The van der Waals surface area contributed by atoms with E-state index in [2.05, 4.69) is 95.6 Å². The molecule has 0 N–H and O–H groups in total. The van der Waals surface area contributed by atoms with Gasteiger partial charge in [0.05, 0.1) is 20.3 Å². The molecule has 76 heavy (non-hydrogen) atoms. The zero-order valence-corrected chi connectivity index (χ0v) is 51.0. The predicted octanol–water partition coefficient (Wildman–Crippen LogP) is 16.5. The van der Waals surface area contributed by atoms with E-state index >= 15 is 0 Å². The monoisotopic (exact) mass is 1060 g/mol. The summed E-state index contributed by atoms with van der Waals surface area (Å²) in [7, 11) is 1.33. The number of rotatable bonds is 12. The van der Waals surface area contributed by atoms with Gasteiger partial charge in [0, 0.05) is 33.3 Å². The fraction of sp³-hybridized carbons (Fsp3) is 0.773. The maximum Gasteiger partial charge on any atom is 0.333 e. The number of hydrogen-bond acceptors (Lipinski definition) is 10. The Morgan fingerprint density at radius 3 is 1.34 bits per heavy atom. The summed E-state index contributed by atoms with van der Waals surface area (Å²) in [5.74, 6) is 8.29. The minimum atomic E-state index is -0.347. The summed E-state index contributed by atoms with van der Waals surface area (Å²) < 4.78 is 24.4. The average Bonchev–Trinajstić information content (AvgIpc) is 4.25. The number of esters is 5. The number of hydrogen-bond donors (Lipinski definition) is 0. The van der Waals surface area contributed by atoms with Gasteiger partial charge < -0.3 is 23.7 Å². The van der Waals surface area contributed by atoms with E-state index < -0.39 is 0 Å². The first-order chi connectivity index (χ1) is 35.5. The highest BCUT2D eigenvalue weighted by Crippen LogP contribution is 2.66. The van der Waals surface area contributed by atoms with Crippen molar-refractivity contribution in [2.45, 2.75) is 238 Å². The summed E-state index contributed by atoms with van der Waals surface area (Å²) in [6.07, 6.45) is 28.3. The Morgan fingerprint density at radius 2 is 1.01 bits per heavy atom. The molecule has 0 heterocycles. The van der Waals surface area contributed by atoms with E-state index in [1.165, 1.54) is 62.9 Å². The van der Waals surface area contributed by atoms with Crippen molar-refractivity contribution in [2.24, 2.45) is 69.5 Å². The third-order valence-corrected chi connectivity index (χ3v) is 18.8. The van der Waals surface area contributed by atoms with Gasteiger partial charge in [0.15, 0.2) is 0 Å². The fourth-order valence-electron chi connectivity index (χ4n) is 13.7. The molecule has 0 amide bonds. The SMILES string of the molecule is C1CC2C3CCC(C3)C2C1.C=C(C)C(=O)OC.C=C(C)C(=O)OC1CC2CCC1(C)C2(C)C.C=C(C)C(=O)OC1CCC(C(C)(C)C)CC1.C=C(C)C(=O)OCC.C=C(C)C(=O)OCC.CCCCC1CC2CCC1C2. The lowest BCUT2D eigenvalue weighted by Crippen LogP contribution is -2.38. The van der Waals surface area contributed by atoms with E-state index in [4.69, 9.17) is 9.47 Å². The van der Waals surface area contributed by atoms with Crippen molar-refractivity contribution >= 4 is 29.8 Å². The van der Waals surface area contributed by atoms with Gasteiger partial charge >= 0.3 is 29.8 Å². The van der Waals surface area contributed by atoms with Crippen molar-refractivity contribution in [3.63, 3.8) is 0 Å². The molecule has 10 heteroatoms. The highest BCUT2D eigenvalue weighted by atomic mass is 16.6. The van der Waals surface area contributed by atoms with Crippen molar-refractivity contribution in [2.75, 3.05) is 20.3 Å². The fourth-order valence-corrected chi connectivity index (χ4v) is 13.7. The van der Waals surface area contributed by atoms with Gasteiger partial charge in [-0.25, -0.2) is 24.0 Å². The van der Waals surface area contributed by atoms with Crippen molar-refractivity contribution in [1.82, 2.24) is 0 Å². The van der Waals surface area contributed by atoms with Crippen LogP contribution in [0.4, 0.5) is 0 Å². The summed E-state index contributed by atoms with van der Waals surface area (Å²) in [6, 6.07) is 0. The van der Waals surface area contributed by atoms with E-state index in [1.54, 1.807) is 113 Å². The van der Waals surface area contributed by atoms with Gasteiger partial charge in [-0.2, -0.15) is 0 Å². The molecule has 0 aromatic heterocycles. The van der Waals surface area contributed by atoms with Crippen LogP contribution in [0, 0.1) is 69.5 Å². The lowest BCUT2D eigenvalue weighted by molar-refractivity contribution is -0.152. The number of ether oxygens (including phenoxy) is 5. The quantitative estimate of drug-likeness (QED) is 0.106. The molecule has 10 unspecified atom stereocenters. The number of carbonyl (C=O) groups is 5. The molecule has 8 rings (SSSR count). The molecule has 8 saturated carbocycles. The molecule has 434 valence electrons. The minimum Gasteiger partial charge on any atom is -0.466 e. The second-order valence-electron chi connectivity index (χ2n) is 25.8. The molecule has 8 fully saturated rings. The first-order valence-electron chi connectivity index (χ1n) is 29.6. The molecule has 8 aliphatic carbocycles. The largest absolute Gasteiger partial charge is 0.466 e. The lowest BCUT2D eigenvalue weighted by atomic mass is 9.70. The third-order valence-electron chi connectivity index (χ3n) is 18.8. The Kier molecular flexibility index (Phi) is 28.9. The highest BCUT2D eigenvalue weighted by Gasteiger charge is 2.63. The van der Waals surface area contributed by atoms with Gasteiger partial charge in [-0.3, -0.25) is 0 Å². The molecule has 0 saturated heterocycles. The van der Waals surface area contributed by atoms with Gasteiger partial charge in [0.25, 0.3) is 0 Å². The number of fused-ring (bicyclic) bond motifs is 9. The predicted molar refractivity (Wildman–Crippen MR) is 310 cm³/mol. The number of carbonyl (C=O) groups excluding carboxylic acids is 5.